The number of nitrogens with one attached hydrogen (secondary N) is 1. The first-order valence-electron chi connectivity index (χ1n) is 11.1. The van der Waals surface area contributed by atoms with Crippen molar-refractivity contribution in [3.05, 3.63) is 23.8 Å². The van der Waals surface area contributed by atoms with Crippen LogP contribution >= 0.6 is 0 Å². The molecule has 164 valence electrons. The molecule has 3 heterocycles. The van der Waals surface area contributed by atoms with Gasteiger partial charge in [-0.15, -0.1) is 0 Å². The Hall–Kier alpha value is -1.93. The Kier molecular flexibility index (Phi) is 6.16. The van der Waals surface area contributed by atoms with E-state index in [0.717, 1.165) is 25.1 Å². The van der Waals surface area contributed by atoms with Crippen molar-refractivity contribution >= 4 is 27.5 Å². The maximum atomic E-state index is 13.2. The van der Waals surface area contributed by atoms with Crippen molar-refractivity contribution in [2.75, 3.05) is 31.5 Å². The number of nitrogens with zero attached hydrogens (tertiary/aromatic N) is 2. The summed E-state index contributed by atoms with van der Waals surface area (Å²) in [6.07, 6.45) is 5.22. The van der Waals surface area contributed by atoms with Gasteiger partial charge >= 0.3 is 0 Å². The fourth-order valence-electron chi connectivity index (χ4n) is 4.85. The van der Waals surface area contributed by atoms with Gasteiger partial charge in [-0.3, -0.25) is 9.59 Å². The van der Waals surface area contributed by atoms with Crippen molar-refractivity contribution in [2.45, 2.75) is 56.8 Å². The summed E-state index contributed by atoms with van der Waals surface area (Å²) in [5.41, 5.74) is 1.57. The Balaban J connectivity index is 1.42. The van der Waals surface area contributed by atoms with Crippen molar-refractivity contribution in [1.29, 1.82) is 0 Å². The van der Waals surface area contributed by atoms with Gasteiger partial charge < -0.3 is 10.2 Å². The summed E-state index contributed by atoms with van der Waals surface area (Å²) >= 11 is 0. The van der Waals surface area contributed by atoms with E-state index in [1.54, 1.807) is 18.2 Å². The number of carbonyl (C=O) groups excluding carboxylic acids is 2. The van der Waals surface area contributed by atoms with Gasteiger partial charge in [-0.2, -0.15) is 4.31 Å². The summed E-state index contributed by atoms with van der Waals surface area (Å²) in [5, 5.41) is 2.84. The summed E-state index contributed by atoms with van der Waals surface area (Å²) in [6, 6.07) is 4.97. The lowest BCUT2D eigenvalue weighted by Crippen LogP contribution is -2.46. The Morgan fingerprint density at radius 3 is 2.57 bits per heavy atom. The van der Waals surface area contributed by atoms with Gasteiger partial charge in [0.05, 0.1) is 4.90 Å². The highest BCUT2D eigenvalue weighted by atomic mass is 32.2. The van der Waals surface area contributed by atoms with Gasteiger partial charge in [-0.25, -0.2) is 8.42 Å². The van der Waals surface area contributed by atoms with Crippen LogP contribution in [0.2, 0.25) is 0 Å². The minimum absolute atomic E-state index is 0.0285. The largest absolute Gasteiger partial charge is 0.342 e. The minimum Gasteiger partial charge on any atom is -0.342 e. The van der Waals surface area contributed by atoms with Crippen LogP contribution in [0, 0.1) is 11.8 Å². The number of piperidine rings is 2. The van der Waals surface area contributed by atoms with Crippen LogP contribution in [0.4, 0.5) is 5.69 Å². The van der Waals surface area contributed by atoms with E-state index in [1.165, 1.54) is 10.7 Å². The SMILES string of the molecule is C[C@@H]1CCCN(C(=O)C2CCN(S(=O)(=O)c3ccc4c(c3)CCCC(=O)N4)CC2)C1. The highest BCUT2D eigenvalue weighted by Crippen LogP contribution is 2.30. The molecule has 2 saturated heterocycles. The minimum atomic E-state index is -3.61. The molecule has 0 bridgehead atoms. The number of fused-ring (bicyclic) bond motifs is 1. The van der Waals surface area contributed by atoms with Crippen LogP contribution in [-0.4, -0.2) is 55.6 Å². The third-order valence-electron chi connectivity index (χ3n) is 6.61. The normalized spacial score (nSPS) is 24.1. The molecule has 0 aliphatic carbocycles. The Bertz CT molecular complexity index is 922. The average Bonchev–Trinajstić information content (AvgIpc) is 2.93. The molecule has 3 aliphatic heterocycles. The summed E-state index contributed by atoms with van der Waals surface area (Å²) in [5.74, 6) is 0.628. The van der Waals surface area contributed by atoms with Gasteiger partial charge in [0, 0.05) is 44.2 Å². The first-order valence-corrected chi connectivity index (χ1v) is 12.5. The van der Waals surface area contributed by atoms with Crippen LogP contribution in [0.1, 0.15) is 51.0 Å². The van der Waals surface area contributed by atoms with Crippen LogP contribution in [0.3, 0.4) is 0 Å². The Labute approximate surface area is 178 Å². The highest BCUT2D eigenvalue weighted by molar-refractivity contribution is 7.89. The fraction of sp³-hybridized carbons (Fsp3) is 0.636. The van der Waals surface area contributed by atoms with E-state index < -0.39 is 10.0 Å². The number of benzene rings is 1. The smallest absolute Gasteiger partial charge is 0.243 e. The molecule has 0 spiro atoms. The molecule has 1 N–H and O–H groups in total. The number of rotatable bonds is 3. The molecule has 0 unspecified atom stereocenters. The number of aryl methyl sites for hydroxylation is 1. The van der Waals surface area contributed by atoms with Gasteiger partial charge in [0.15, 0.2) is 0 Å². The second-order valence-corrected chi connectivity index (χ2v) is 10.9. The number of likely N-dealkylation sites (tertiary alicyclic amines) is 1. The zero-order chi connectivity index (χ0) is 21.3. The summed E-state index contributed by atoms with van der Waals surface area (Å²) in [7, 11) is -3.61. The van der Waals surface area contributed by atoms with E-state index in [2.05, 4.69) is 12.2 Å². The van der Waals surface area contributed by atoms with Crippen molar-refractivity contribution in [3.63, 3.8) is 0 Å². The molecule has 2 amide bonds. The van der Waals surface area contributed by atoms with Gasteiger partial charge in [-0.05, 0) is 68.2 Å². The van der Waals surface area contributed by atoms with Crippen LogP contribution in [0.5, 0.6) is 0 Å². The number of anilines is 1. The van der Waals surface area contributed by atoms with E-state index in [-0.39, 0.29) is 22.6 Å². The van der Waals surface area contributed by atoms with Gasteiger partial charge in [0.2, 0.25) is 21.8 Å². The number of carbonyl (C=O) groups is 2. The zero-order valence-corrected chi connectivity index (χ0v) is 18.4. The van der Waals surface area contributed by atoms with Crippen molar-refractivity contribution in [1.82, 2.24) is 9.21 Å². The zero-order valence-electron chi connectivity index (χ0n) is 17.6. The standard InChI is InChI=1S/C22H31N3O4S/c1-16-4-3-11-24(15-16)22(27)17-9-12-25(13-10-17)30(28,29)19-7-8-20-18(14-19)5-2-6-21(26)23-20/h7-8,14,16-17H,2-6,9-13,15H2,1H3,(H,23,26)/t16-/m1/s1. The summed E-state index contributed by atoms with van der Waals surface area (Å²) in [4.78, 5) is 26.8. The van der Waals surface area contributed by atoms with Crippen molar-refractivity contribution in [2.24, 2.45) is 11.8 Å². The van der Waals surface area contributed by atoms with Crippen molar-refractivity contribution in [3.8, 4) is 0 Å². The summed E-state index contributed by atoms with van der Waals surface area (Å²) in [6.45, 7) is 4.57. The predicted octanol–water partition coefficient (Wildman–Crippen LogP) is 2.62. The summed E-state index contributed by atoms with van der Waals surface area (Å²) < 4.78 is 27.9. The highest BCUT2D eigenvalue weighted by Gasteiger charge is 2.35. The van der Waals surface area contributed by atoms with Crippen molar-refractivity contribution < 1.29 is 18.0 Å². The molecule has 1 atom stereocenters. The van der Waals surface area contributed by atoms with E-state index in [1.807, 2.05) is 4.90 Å². The second-order valence-electron chi connectivity index (χ2n) is 8.93. The van der Waals surface area contributed by atoms with Crippen LogP contribution in [0.25, 0.3) is 0 Å². The lowest BCUT2D eigenvalue weighted by Gasteiger charge is -2.36. The molecule has 7 nitrogen and oxygen atoms in total. The molecule has 1 aromatic carbocycles. The third-order valence-corrected chi connectivity index (χ3v) is 8.51. The first kappa shape index (κ1) is 21.3. The average molecular weight is 434 g/mol. The molecule has 0 radical (unpaired) electrons. The molecule has 1 aromatic rings. The molecule has 2 fully saturated rings. The van der Waals surface area contributed by atoms with Crippen LogP contribution in [0.15, 0.2) is 23.1 Å². The fourth-order valence-corrected chi connectivity index (χ4v) is 6.37. The maximum absolute atomic E-state index is 13.2. The molecule has 30 heavy (non-hydrogen) atoms. The lowest BCUT2D eigenvalue weighted by atomic mass is 9.93. The van der Waals surface area contributed by atoms with Gasteiger partial charge in [0.25, 0.3) is 0 Å². The van der Waals surface area contributed by atoms with Gasteiger partial charge in [-0.1, -0.05) is 6.92 Å². The topological polar surface area (TPSA) is 86.8 Å². The molecule has 3 aliphatic rings. The number of amides is 2. The first-order chi connectivity index (χ1) is 14.3. The quantitative estimate of drug-likeness (QED) is 0.794. The number of sulfonamides is 1. The monoisotopic (exact) mass is 433 g/mol. The molecular weight excluding hydrogens is 402 g/mol. The van der Waals surface area contributed by atoms with Crippen LogP contribution in [-0.2, 0) is 26.0 Å². The number of hydrogen-bond acceptors (Lipinski definition) is 4. The molecule has 8 heteroatoms. The van der Waals surface area contributed by atoms with E-state index >= 15 is 0 Å². The maximum Gasteiger partial charge on any atom is 0.243 e. The lowest BCUT2D eigenvalue weighted by molar-refractivity contribution is -0.138. The van der Waals surface area contributed by atoms with Crippen LogP contribution < -0.4 is 5.32 Å². The molecule has 4 rings (SSSR count). The predicted molar refractivity (Wildman–Crippen MR) is 114 cm³/mol. The number of hydrogen-bond donors (Lipinski definition) is 1. The Morgan fingerprint density at radius 1 is 1.07 bits per heavy atom. The molecule has 0 saturated carbocycles. The second kappa shape index (κ2) is 8.67. The van der Waals surface area contributed by atoms with E-state index in [0.29, 0.717) is 56.8 Å². The Morgan fingerprint density at radius 2 is 1.83 bits per heavy atom. The molecular formula is C22H31N3O4S. The van der Waals surface area contributed by atoms with E-state index in [9.17, 15) is 18.0 Å². The van der Waals surface area contributed by atoms with E-state index in [4.69, 9.17) is 0 Å². The molecule has 0 aromatic heterocycles. The van der Waals surface area contributed by atoms with Gasteiger partial charge in [0.1, 0.15) is 0 Å². The third kappa shape index (κ3) is 4.39.